The van der Waals surface area contributed by atoms with E-state index in [-0.39, 0.29) is 0 Å². The molecule has 1 fully saturated rings. The van der Waals surface area contributed by atoms with Crippen LogP contribution in [0.15, 0.2) is 53.2 Å². The molecule has 6 heteroatoms. The first-order chi connectivity index (χ1) is 10.3. The highest BCUT2D eigenvalue weighted by Gasteiger charge is 2.21. The Morgan fingerprint density at radius 2 is 2.14 bits per heavy atom. The van der Waals surface area contributed by atoms with Crippen molar-refractivity contribution in [2.45, 2.75) is 25.4 Å². The first kappa shape index (κ1) is 13.8. The Hall–Kier alpha value is -2.21. The fraction of sp³-hybridized carbons (Fsp3) is 0.400. The molecule has 0 amide bonds. The highest BCUT2D eigenvalue weighted by Crippen LogP contribution is 2.24. The number of nitrogens with two attached hydrogens (primary N) is 1. The quantitative estimate of drug-likeness (QED) is 0.533. The molecule has 1 aromatic carbocycles. The zero-order chi connectivity index (χ0) is 14.5. The van der Waals surface area contributed by atoms with Crippen molar-refractivity contribution in [3.8, 4) is 0 Å². The third kappa shape index (κ3) is 3.46. The lowest BCUT2D eigenvalue weighted by molar-refractivity contribution is 0.170. The van der Waals surface area contributed by atoms with E-state index in [9.17, 15) is 0 Å². The molecule has 1 aromatic heterocycles. The summed E-state index contributed by atoms with van der Waals surface area (Å²) in [5, 5.41) is 7.04. The van der Waals surface area contributed by atoms with E-state index >= 15 is 0 Å². The van der Waals surface area contributed by atoms with E-state index in [4.69, 9.17) is 5.84 Å². The molecule has 0 bridgehead atoms. The summed E-state index contributed by atoms with van der Waals surface area (Å²) in [5.74, 6) is 5.62. The SMILES string of the molecule is NN=Nc1cn(C2CCCN(Cc3ccccc3)C2)cn1. The van der Waals surface area contributed by atoms with Gasteiger partial charge in [-0.25, -0.2) is 4.98 Å². The maximum Gasteiger partial charge on any atom is 0.193 e. The number of hydrogen-bond donors (Lipinski definition) is 1. The van der Waals surface area contributed by atoms with Crippen LogP contribution in [-0.4, -0.2) is 27.5 Å². The van der Waals surface area contributed by atoms with E-state index in [2.05, 4.69) is 55.1 Å². The largest absolute Gasteiger partial charge is 0.331 e. The van der Waals surface area contributed by atoms with Gasteiger partial charge in [0.25, 0.3) is 0 Å². The van der Waals surface area contributed by atoms with E-state index in [0.29, 0.717) is 11.9 Å². The number of piperidine rings is 1. The van der Waals surface area contributed by atoms with E-state index in [1.807, 2.05) is 12.5 Å². The van der Waals surface area contributed by atoms with Crippen LogP contribution in [0.1, 0.15) is 24.4 Å². The molecular formula is C15H20N6. The maximum absolute atomic E-state index is 5.06. The van der Waals surface area contributed by atoms with Crippen LogP contribution >= 0.6 is 0 Å². The summed E-state index contributed by atoms with van der Waals surface area (Å²) in [6, 6.07) is 11.0. The zero-order valence-corrected chi connectivity index (χ0v) is 12.0. The summed E-state index contributed by atoms with van der Waals surface area (Å²) in [7, 11) is 0. The molecule has 21 heavy (non-hydrogen) atoms. The van der Waals surface area contributed by atoms with Crippen molar-refractivity contribution in [1.82, 2.24) is 14.5 Å². The van der Waals surface area contributed by atoms with Crippen molar-refractivity contribution in [3.05, 3.63) is 48.4 Å². The molecule has 2 aromatic rings. The van der Waals surface area contributed by atoms with Gasteiger partial charge in [0.1, 0.15) is 0 Å². The minimum absolute atomic E-state index is 0.441. The van der Waals surface area contributed by atoms with Gasteiger partial charge in [-0.05, 0) is 24.9 Å². The molecule has 1 saturated heterocycles. The Kier molecular flexibility index (Phi) is 4.25. The van der Waals surface area contributed by atoms with Crippen LogP contribution < -0.4 is 5.84 Å². The van der Waals surface area contributed by atoms with E-state index in [1.165, 1.54) is 18.4 Å². The summed E-state index contributed by atoms with van der Waals surface area (Å²) in [5.41, 5.74) is 1.36. The average molecular weight is 284 g/mol. The van der Waals surface area contributed by atoms with Crippen molar-refractivity contribution in [2.75, 3.05) is 13.1 Å². The second-order valence-electron chi connectivity index (χ2n) is 5.41. The van der Waals surface area contributed by atoms with Gasteiger partial charge in [-0.3, -0.25) is 4.90 Å². The average Bonchev–Trinajstić information content (AvgIpc) is 2.98. The fourth-order valence-electron chi connectivity index (χ4n) is 2.90. The molecule has 6 nitrogen and oxygen atoms in total. The molecule has 1 unspecified atom stereocenters. The lowest BCUT2D eigenvalue weighted by Crippen LogP contribution is -2.35. The van der Waals surface area contributed by atoms with Gasteiger partial charge in [-0.2, -0.15) is 0 Å². The molecule has 110 valence electrons. The van der Waals surface area contributed by atoms with Crippen LogP contribution in [-0.2, 0) is 6.54 Å². The Labute approximate surface area is 124 Å². The first-order valence-electron chi connectivity index (χ1n) is 7.26. The van der Waals surface area contributed by atoms with Gasteiger partial charge < -0.3 is 10.4 Å². The van der Waals surface area contributed by atoms with Gasteiger partial charge in [0.05, 0.1) is 12.5 Å². The maximum atomic E-state index is 5.06. The Balaban J connectivity index is 1.65. The zero-order valence-electron chi connectivity index (χ0n) is 12.0. The molecule has 1 aliphatic heterocycles. The second-order valence-corrected chi connectivity index (χ2v) is 5.41. The first-order valence-corrected chi connectivity index (χ1v) is 7.26. The van der Waals surface area contributed by atoms with Crippen molar-refractivity contribution < 1.29 is 0 Å². The summed E-state index contributed by atoms with van der Waals surface area (Å²) in [6.45, 7) is 3.18. The third-order valence-corrected chi connectivity index (χ3v) is 3.90. The monoisotopic (exact) mass is 284 g/mol. The minimum atomic E-state index is 0.441. The number of imidazole rings is 1. The van der Waals surface area contributed by atoms with Crippen LogP contribution in [0.5, 0.6) is 0 Å². The Bertz CT molecular complexity index is 591. The number of rotatable bonds is 4. The molecule has 1 aliphatic rings. The highest BCUT2D eigenvalue weighted by atomic mass is 15.3. The van der Waals surface area contributed by atoms with Crippen molar-refractivity contribution in [3.63, 3.8) is 0 Å². The molecule has 0 radical (unpaired) electrons. The predicted octanol–water partition coefficient (Wildman–Crippen LogP) is 2.68. The number of hydrogen-bond acceptors (Lipinski definition) is 4. The lowest BCUT2D eigenvalue weighted by Gasteiger charge is -2.33. The molecule has 0 aliphatic carbocycles. The Morgan fingerprint density at radius 1 is 1.29 bits per heavy atom. The second kappa shape index (κ2) is 6.49. The molecule has 2 heterocycles. The summed E-state index contributed by atoms with van der Waals surface area (Å²) < 4.78 is 2.13. The van der Waals surface area contributed by atoms with Crippen molar-refractivity contribution in [1.29, 1.82) is 0 Å². The van der Waals surface area contributed by atoms with Crippen molar-refractivity contribution in [2.24, 2.45) is 16.2 Å². The van der Waals surface area contributed by atoms with Gasteiger partial charge in [-0.1, -0.05) is 35.6 Å². The van der Waals surface area contributed by atoms with Gasteiger partial charge in [0.2, 0.25) is 0 Å². The minimum Gasteiger partial charge on any atom is -0.331 e. The van der Waals surface area contributed by atoms with E-state index < -0.39 is 0 Å². The van der Waals surface area contributed by atoms with Gasteiger partial charge in [0.15, 0.2) is 5.82 Å². The smallest absolute Gasteiger partial charge is 0.193 e. The highest BCUT2D eigenvalue weighted by molar-refractivity contribution is 5.21. The molecule has 1 atom stereocenters. The number of benzene rings is 1. The summed E-state index contributed by atoms with van der Waals surface area (Å²) >= 11 is 0. The molecule has 2 N–H and O–H groups in total. The van der Waals surface area contributed by atoms with Gasteiger partial charge >= 0.3 is 0 Å². The van der Waals surface area contributed by atoms with E-state index in [1.54, 1.807) is 0 Å². The van der Waals surface area contributed by atoms with Gasteiger partial charge in [-0.15, -0.1) is 5.11 Å². The number of likely N-dealkylation sites (tertiary alicyclic amines) is 1. The standard InChI is InChI=1S/C15H20N6/c16-19-18-15-11-21(12-17-15)14-7-4-8-20(10-14)9-13-5-2-1-3-6-13/h1-3,5-6,11-12,14H,4,7-10H2,(H2,16,18). The normalized spacial score (nSPS) is 20.1. The lowest BCUT2D eigenvalue weighted by atomic mass is 10.0. The van der Waals surface area contributed by atoms with Crippen molar-refractivity contribution >= 4 is 5.82 Å². The van der Waals surface area contributed by atoms with Crippen LogP contribution in [0.25, 0.3) is 0 Å². The molecule has 3 rings (SSSR count). The van der Waals surface area contributed by atoms with Crippen LogP contribution in [0.4, 0.5) is 5.82 Å². The number of nitrogens with zero attached hydrogens (tertiary/aromatic N) is 5. The molecule has 0 saturated carbocycles. The van der Waals surface area contributed by atoms with Gasteiger partial charge in [0, 0.05) is 19.1 Å². The molecule has 0 spiro atoms. The fourth-order valence-corrected chi connectivity index (χ4v) is 2.90. The summed E-state index contributed by atoms with van der Waals surface area (Å²) in [4.78, 5) is 6.69. The van der Waals surface area contributed by atoms with Crippen LogP contribution in [0.2, 0.25) is 0 Å². The van der Waals surface area contributed by atoms with Crippen LogP contribution in [0.3, 0.4) is 0 Å². The predicted molar refractivity (Wildman–Crippen MR) is 80.9 cm³/mol. The van der Waals surface area contributed by atoms with E-state index in [0.717, 1.165) is 19.6 Å². The topological polar surface area (TPSA) is 71.8 Å². The van der Waals surface area contributed by atoms with Crippen LogP contribution in [0, 0.1) is 0 Å². The summed E-state index contributed by atoms with van der Waals surface area (Å²) in [6.07, 6.45) is 6.10. The third-order valence-electron chi connectivity index (χ3n) is 3.90. The number of aromatic nitrogens is 2. The molecular weight excluding hydrogens is 264 g/mol. The Morgan fingerprint density at radius 3 is 2.95 bits per heavy atom.